The summed E-state index contributed by atoms with van der Waals surface area (Å²) in [5.41, 5.74) is 1.03. The van der Waals surface area contributed by atoms with E-state index in [0.29, 0.717) is 12.0 Å². The topological polar surface area (TPSA) is 107 Å². The molecule has 1 aromatic heterocycles. The van der Waals surface area contributed by atoms with Crippen LogP contribution in [-0.2, 0) is 4.79 Å². The van der Waals surface area contributed by atoms with Crippen molar-refractivity contribution in [2.45, 2.75) is 25.7 Å². The number of carbonyl (C=O) groups excluding carboxylic acids is 2. The highest BCUT2D eigenvalue weighted by molar-refractivity contribution is 6.08. The van der Waals surface area contributed by atoms with Crippen LogP contribution < -0.4 is 20.3 Å². The predicted octanol–water partition coefficient (Wildman–Crippen LogP) is 3.47. The van der Waals surface area contributed by atoms with Crippen molar-refractivity contribution in [3.8, 4) is 11.8 Å². The third-order valence-corrected chi connectivity index (χ3v) is 4.29. The number of hydrogen-bond acceptors (Lipinski definition) is 5. The molecule has 8 nitrogen and oxygen atoms in total. The van der Waals surface area contributed by atoms with Gasteiger partial charge in [0.2, 0.25) is 5.91 Å². The molecule has 0 radical (unpaired) electrons. The maximum absolute atomic E-state index is 12.8. The average Bonchev–Trinajstić information content (AvgIpc) is 2.70. The fourth-order valence-electron chi connectivity index (χ4n) is 2.95. The number of nitrogens with zero attached hydrogens (tertiary/aromatic N) is 3. The molecule has 1 unspecified atom stereocenters. The van der Waals surface area contributed by atoms with Crippen LogP contribution in [0.5, 0.6) is 5.75 Å². The molecule has 2 aromatic rings. The molecule has 2 heterocycles. The van der Waals surface area contributed by atoms with Crippen LogP contribution in [0.4, 0.5) is 29.5 Å². The summed E-state index contributed by atoms with van der Waals surface area (Å²) < 4.78 is 40.8. The summed E-state index contributed by atoms with van der Waals surface area (Å²) in [6.45, 7) is 1.52. The van der Waals surface area contributed by atoms with Crippen molar-refractivity contribution in [1.29, 1.82) is 5.26 Å². The minimum absolute atomic E-state index is 0.190. The van der Waals surface area contributed by atoms with Gasteiger partial charge >= 0.3 is 12.4 Å². The van der Waals surface area contributed by atoms with Gasteiger partial charge in [0.05, 0.1) is 17.3 Å². The summed E-state index contributed by atoms with van der Waals surface area (Å²) in [5, 5.41) is 14.3. The van der Waals surface area contributed by atoms with Gasteiger partial charge in [0.25, 0.3) is 0 Å². The first-order valence-corrected chi connectivity index (χ1v) is 8.84. The molecule has 0 fully saturated rings. The molecule has 0 spiro atoms. The quantitative estimate of drug-likeness (QED) is 0.789. The maximum atomic E-state index is 12.8. The molecule has 0 bridgehead atoms. The van der Waals surface area contributed by atoms with Gasteiger partial charge in [0.15, 0.2) is 5.82 Å². The van der Waals surface area contributed by atoms with Crippen molar-refractivity contribution in [1.82, 2.24) is 10.3 Å². The monoisotopic (exact) mass is 419 g/mol. The smallest absolute Gasteiger partial charge is 0.406 e. The standard InChI is InChI=1S/C19H16F3N5O3/c1-2-14(12-3-5-13(6-4-12)30-19(20,21)22)26-18(29)27-10-16(28)25-15-7-11(8-23)9-24-17(15)27/h3-7,9,14H,2,10H2,1H3,(H,25,28)(H,26,29). The highest BCUT2D eigenvalue weighted by Crippen LogP contribution is 2.29. The number of pyridine rings is 1. The number of halogens is 3. The van der Waals surface area contributed by atoms with E-state index in [4.69, 9.17) is 5.26 Å². The Kier molecular flexibility index (Phi) is 5.77. The molecule has 2 N–H and O–H groups in total. The molecule has 1 atom stereocenters. The fourth-order valence-corrected chi connectivity index (χ4v) is 2.95. The van der Waals surface area contributed by atoms with Gasteiger partial charge in [-0.25, -0.2) is 9.78 Å². The van der Waals surface area contributed by atoms with Gasteiger partial charge in [-0.1, -0.05) is 19.1 Å². The van der Waals surface area contributed by atoms with Crippen molar-refractivity contribution in [2.24, 2.45) is 0 Å². The molecule has 0 aliphatic carbocycles. The second kappa shape index (κ2) is 8.28. The summed E-state index contributed by atoms with van der Waals surface area (Å²) in [6.07, 6.45) is -3.06. The van der Waals surface area contributed by atoms with Crippen LogP contribution in [0.25, 0.3) is 0 Å². The Morgan fingerprint density at radius 1 is 1.40 bits per heavy atom. The number of rotatable bonds is 4. The molecule has 30 heavy (non-hydrogen) atoms. The highest BCUT2D eigenvalue weighted by atomic mass is 19.4. The number of fused-ring (bicyclic) bond motifs is 1. The molecular weight excluding hydrogens is 403 g/mol. The number of nitrogens with one attached hydrogen (secondary N) is 2. The van der Waals surface area contributed by atoms with Crippen molar-refractivity contribution in [2.75, 3.05) is 16.8 Å². The van der Waals surface area contributed by atoms with Crippen LogP contribution in [0.3, 0.4) is 0 Å². The second-order valence-electron chi connectivity index (χ2n) is 6.37. The number of amides is 3. The second-order valence-corrected chi connectivity index (χ2v) is 6.37. The Labute approximate surface area is 169 Å². The van der Waals surface area contributed by atoms with Crippen molar-refractivity contribution < 1.29 is 27.5 Å². The van der Waals surface area contributed by atoms with Crippen LogP contribution in [0.15, 0.2) is 36.5 Å². The highest BCUT2D eigenvalue weighted by Gasteiger charge is 2.32. The molecule has 0 saturated carbocycles. The molecule has 11 heteroatoms. The molecule has 1 aliphatic rings. The Balaban J connectivity index is 1.77. The van der Waals surface area contributed by atoms with E-state index >= 15 is 0 Å². The minimum atomic E-state index is -4.79. The molecule has 156 valence electrons. The number of alkyl halides is 3. The minimum Gasteiger partial charge on any atom is -0.406 e. The van der Waals surface area contributed by atoms with Gasteiger partial charge < -0.3 is 15.4 Å². The lowest BCUT2D eigenvalue weighted by Crippen LogP contribution is -2.48. The first kappa shape index (κ1) is 20.9. The van der Waals surface area contributed by atoms with Crippen molar-refractivity contribution >= 4 is 23.4 Å². The molecule has 1 aromatic carbocycles. The average molecular weight is 419 g/mol. The van der Waals surface area contributed by atoms with E-state index in [1.807, 2.05) is 6.07 Å². The summed E-state index contributed by atoms with van der Waals surface area (Å²) in [7, 11) is 0. The van der Waals surface area contributed by atoms with E-state index in [9.17, 15) is 22.8 Å². The summed E-state index contributed by atoms with van der Waals surface area (Å²) in [5.74, 6) is -0.627. The lowest BCUT2D eigenvalue weighted by Gasteiger charge is -2.30. The third kappa shape index (κ3) is 4.78. The summed E-state index contributed by atoms with van der Waals surface area (Å²) in [4.78, 5) is 30.0. The molecule has 1 aliphatic heterocycles. The van der Waals surface area contributed by atoms with Crippen LogP contribution >= 0.6 is 0 Å². The SMILES string of the molecule is CCC(NC(=O)N1CC(=O)Nc2cc(C#N)cnc21)c1ccc(OC(F)(F)F)cc1. The van der Waals surface area contributed by atoms with Gasteiger partial charge in [0, 0.05) is 6.20 Å². The zero-order valence-electron chi connectivity index (χ0n) is 15.7. The fraction of sp³-hybridized carbons (Fsp3) is 0.263. The number of aromatic nitrogens is 1. The first-order chi connectivity index (χ1) is 14.2. The zero-order valence-corrected chi connectivity index (χ0v) is 15.7. The van der Waals surface area contributed by atoms with Gasteiger partial charge in [-0.05, 0) is 30.2 Å². The number of anilines is 2. The predicted molar refractivity (Wildman–Crippen MR) is 99.6 cm³/mol. The van der Waals surface area contributed by atoms with Crippen LogP contribution in [0.1, 0.15) is 30.5 Å². The number of hydrogen-bond donors (Lipinski definition) is 2. The van der Waals surface area contributed by atoms with Crippen molar-refractivity contribution in [3.63, 3.8) is 0 Å². The van der Waals surface area contributed by atoms with Gasteiger partial charge in [-0.3, -0.25) is 9.69 Å². The van der Waals surface area contributed by atoms with E-state index in [1.165, 1.54) is 24.4 Å². The van der Waals surface area contributed by atoms with E-state index in [2.05, 4.69) is 20.4 Å². The maximum Gasteiger partial charge on any atom is 0.573 e. The molecule has 0 saturated heterocycles. The number of ether oxygens (including phenoxy) is 1. The van der Waals surface area contributed by atoms with E-state index < -0.39 is 24.3 Å². The van der Waals surface area contributed by atoms with Crippen LogP contribution in [0, 0.1) is 11.3 Å². The number of nitriles is 1. The van der Waals surface area contributed by atoms with Crippen LogP contribution in [0.2, 0.25) is 0 Å². The van der Waals surface area contributed by atoms with Crippen LogP contribution in [-0.4, -0.2) is 29.8 Å². The normalized spacial score (nSPS) is 14.2. The Morgan fingerprint density at radius 3 is 2.70 bits per heavy atom. The van der Waals surface area contributed by atoms with Gasteiger partial charge in [-0.2, -0.15) is 5.26 Å². The third-order valence-electron chi connectivity index (χ3n) is 4.29. The van der Waals surface area contributed by atoms with E-state index in [-0.39, 0.29) is 29.4 Å². The lowest BCUT2D eigenvalue weighted by molar-refractivity contribution is -0.274. The number of urea groups is 1. The molecule has 3 amide bonds. The summed E-state index contributed by atoms with van der Waals surface area (Å²) >= 11 is 0. The summed E-state index contributed by atoms with van der Waals surface area (Å²) in [6, 6.07) is 7.35. The Morgan fingerprint density at radius 2 is 2.10 bits per heavy atom. The largest absolute Gasteiger partial charge is 0.573 e. The van der Waals surface area contributed by atoms with E-state index in [0.717, 1.165) is 17.0 Å². The Bertz CT molecular complexity index is 1000. The zero-order chi connectivity index (χ0) is 21.9. The first-order valence-electron chi connectivity index (χ1n) is 8.84. The molecular formula is C19H16F3N5O3. The van der Waals surface area contributed by atoms with Gasteiger partial charge in [-0.15, -0.1) is 13.2 Å². The Hall–Kier alpha value is -3.81. The van der Waals surface area contributed by atoms with Crippen molar-refractivity contribution in [3.05, 3.63) is 47.7 Å². The number of benzene rings is 1. The number of carbonyl (C=O) groups is 2. The van der Waals surface area contributed by atoms with E-state index in [1.54, 1.807) is 6.92 Å². The molecule has 3 rings (SSSR count). The lowest BCUT2D eigenvalue weighted by atomic mass is 10.0. The van der Waals surface area contributed by atoms with Gasteiger partial charge in [0.1, 0.15) is 18.4 Å².